The third kappa shape index (κ3) is 4.04. The third-order valence-electron chi connectivity index (χ3n) is 5.27. The summed E-state index contributed by atoms with van der Waals surface area (Å²) in [5.74, 6) is 0. The van der Waals surface area contributed by atoms with Crippen LogP contribution in [0.15, 0.2) is 121 Å². The Hall–Kier alpha value is -3.64. The van der Waals surface area contributed by atoms with Crippen molar-refractivity contribution in [1.29, 1.82) is 0 Å². The van der Waals surface area contributed by atoms with E-state index in [0.717, 1.165) is 0 Å². The van der Waals surface area contributed by atoms with Crippen molar-refractivity contribution < 1.29 is 0 Å². The topological polar surface area (TPSA) is 0 Å². The van der Waals surface area contributed by atoms with Crippen LogP contribution in [-0.2, 0) is 0 Å². The van der Waals surface area contributed by atoms with Gasteiger partial charge in [0.05, 0.1) is 0 Å². The molecule has 6 aromatic carbocycles. The zero-order valence-electron chi connectivity index (χ0n) is 17.5. The standard InChI is InChI=1S/C16H12.C12H8.C2H6/c1-2-7-13(8-3-1)16-12-6-10-14-9-4-5-11-15(14)16;1-3-9-7-10(4-1)12-6-2-5-11(9)8-12;1-2/h1-12H;1-8H;1-2H3. The summed E-state index contributed by atoms with van der Waals surface area (Å²) in [4.78, 5) is 0. The first-order chi connectivity index (χ1) is 14.9. The highest BCUT2D eigenvalue weighted by Crippen LogP contribution is 2.28. The molecule has 0 aliphatic rings. The van der Waals surface area contributed by atoms with Crippen molar-refractivity contribution in [3.63, 3.8) is 0 Å². The van der Waals surface area contributed by atoms with Crippen LogP contribution in [0.1, 0.15) is 13.8 Å². The summed E-state index contributed by atoms with van der Waals surface area (Å²) in [6, 6.07) is 42.8. The van der Waals surface area contributed by atoms with E-state index in [1.165, 1.54) is 43.4 Å². The van der Waals surface area contributed by atoms with Gasteiger partial charge < -0.3 is 0 Å². The molecule has 146 valence electrons. The van der Waals surface area contributed by atoms with Gasteiger partial charge >= 0.3 is 0 Å². The first-order valence-corrected chi connectivity index (χ1v) is 10.6. The van der Waals surface area contributed by atoms with Gasteiger partial charge in [0.1, 0.15) is 0 Å². The number of hydrogen-bond donors (Lipinski definition) is 0. The van der Waals surface area contributed by atoms with Gasteiger partial charge in [-0.2, -0.15) is 0 Å². The average Bonchev–Trinajstić information content (AvgIpc) is 2.85. The van der Waals surface area contributed by atoms with Crippen molar-refractivity contribution >= 4 is 32.3 Å². The molecular weight excluding hydrogens is 360 g/mol. The van der Waals surface area contributed by atoms with Crippen LogP contribution in [0.5, 0.6) is 0 Å². The van der Waals surface area contributed by atoms with Crippen LogP contribution in [0.4, 0.5) is 0 Å². The van der Waals surface area contributed by atoms with Gasteiger partial charge in [0, 0.05) is 0 Å². The van der Waals surface area contributed by atoms with Gasteiger partial charge in [-0.05, 0) is 55.6 Å². The molecule has 0 heterocycles. The lowest BCUT2D eigenvalue weighted by atomic mass is 9.98. The molecule has 0 N–H and O–H groups in total. The van der Waals surface area contributed by atoms with Gasteiger partial charge in [-0.15, -0.1) is 0 Å². The first-order valence-electron chi connectivity index (χ1n) is 10.6. The quantitative estimate of drug-likeness (QED) is 0.264. The van der Waals surface area contributed by atoms with Gasteiger partial charge in [0.25, 0.3) is 0 Å². The van der Waals surface area contributed by atoms with Crippen LogP contribution in [0.3, 0.4) is 0 Å². The van der Waals surface area contributed by atoms with E-state index in [9.17, 15) is 0 Å². The molecule has 0 aliphatic heterocycles. The molecule has 0 spiro atoms. The summed E-state index contributed by atoms with van der Waals surface area (Å²) in [5.41, 5.74) is 2.58. The molecule has 6 rings (SSSR count). The zero-order valence-corrected chi connectivity index (χ0v) is 17.5. The Labute approximate surface area is 178 Å². The molecular formula is C30H26. The van der Waals surface area contributed by atoms with Crippen molar-refractivity contribution in [2.45, 2.75) is 13.8 Å². The summed E-state index contributed by atoms with van der Waals surface area (Å²) < 4.78 is 0. The first kappa shape index (κ1) is 19.7. The molecule has 0 fully saturated rings. The maximum absolute atomic E-state index is 2.24. The molecule has 6 aromatic rings. The molecule has 0 saturated heterocycles. The fourth-order valence-corrected chi connectivity index (χ4v) is 3.85. The molecule has 0 atom stereocenters. The molecule has 0 aliphatic carbocycles. The van der Waals surface area contributed by atoms with E-state index in [-0.39, 0.29) is 0 Å². The monoisotopic (exact) mass is 386 g/mol. The Kier molecular flexibility index (Phi) is 6.06. The average molecular weight is 387 g/mol. The lowest BCUT2D eigenvalue weighted by Crippen LogP contribution is -1.79. The molecule has 0 nitrogen and oxygen atoms in total. The van der Waals surface area contributed by atoms with E-state index >= 15 is 0 Å². The van der Waals surface area contributed by atoms with Crippen LogP contribution < -0.4 is 0 Å². The summed E-state index contributed by atoms with van der Waals surface area (Å²) in [7, 11) is 0. The van der Waals surface area contributed by atoms with E-state index in [4.69, 9.17) is 0 Å². The molecule has 0 saturated carbocycles. The molecule has 0 radical (unpaired) electrons. The highest BCUT2D eigenvalue weighted by Gasteiger charge is 2.01. The highest BCUT2D eigenvalue weighted by molar-refractivity contribution is 5.99. The maximum atomic E-state index is 2.24. The second kappa shape index (κ2) is 9.24. The molecule has 0 amide bonds. The Balaban J connectivity index is 0.000000139. The molecule has 4 bridgehead atoms. The van der Waals surface area contributed by atoms with Crippen molar-refractivity contribution in [3.05, 3.63) is 121 Å². The normalized spacial score (nSPS) is 10.3. The third-order valence-corrected chi connectivity index (χ3v) is 5.27. The molecule has 30 heavy (non-hydrogen) atoms. The van der Waals surface area contributed by atoms with Crippen molar-refractivity contribution in [1.82, 2.24) is 0 Å². The smallest absolute Gasteiger partial charge is 0.0105 e. The predicted molar refractivity (Wildman–Crippen MR) is 133 cm³/mol. The minimum atomic E-state index is 1.28. The van der Waals surface area contributed by atoms with Crippen LogP contribution in [-0.4, -0.2) is 0 Å². The van der Waals surface area contributed by atoms with Crippen LogP contribution in [0.25, 0.3) is 43.4 Å². The zero-order chi connectivity index (χ0) is 20.8. The minimum Gasteiger partial charge on any atom is -0.0683 e. The van der Waals surface area contributed by atoms with E-state index in [1.54, 1.807) is 0 Å². The largest absolute Gasteiger partial charge is 0.0683 e. The van der Waals surface area contributed by atoms with E-state index in [1.807, 2.05) is 13.8 Å². The number of rotatable bonds is 1. The SMILES string of the molecule is CC.c1cc2cc(c1)c1cccc2c1.c1ccc(-c2cccc3ccccc23)cc1. The number of hydrogen-bond acceptors (Lipinski definition) is 0. The van der Waals surface area contributed by atoms with Crippen LogP contribution in [0, 0.1) is 0 Å². The van der Waals surface area contributed by atoms with Crippen molar-refractivity contribution in [3.8, 4) is 11.1 Å². The summed E-state index contributed by atoms with van der Waals surface area (Å²) in [6.07, 6.45) is 0. The van der Waals surface area contributed by atoms with E-state index < -0.39 is 0 Å². The summed E-state index contributed by atoms with van der Waals surface area (Å²) in [6.45, 7) is 4.00. The van der Waals surface area contributed by atoms with Gasteiger partial charge in [0.2, 0.25) is 0 Å². The lowest BCUT2D eigenvalue weighted by Gasteiger charge is -2.06. The van der Waals surface area contributed by atoms with E-state index in [0.29, 0.717) is 0 Å². The van der Waals surface area contributed by atoms with E-state index in [2.05, 4.69) is 121 Å². The Morgan fingerprint density at radius 2 is 0.800 bits per heavy atom. The summed E-state index contributed by atoms with van der Waals surface area (Å²) >= 11 is 0. The Morgan fingerprint density at radius 1 is 0.367 bits per heavy atom. The second-order valence-electron chi connectivity index (χ2n) is 7.05. The minimum absolute atomic E-state index is 1.28. The Bertz CT molecular complexity index is 1250. The molecule has 0 unspecified atom stereocenters. The van der Waals surface area contributed by atoms with Gasteiger partial charge in [-0.25, -0.2) is 0 Å². The van der Waals surface area contributed by atoms with Crippen LogP contribution >= 0.6 is 0 Å². The fourth-order valence-electron chi connectivity index (χ4n) is 3.85. The van der Waals surface area contributed by atoms with Gasteiger partial charge in [0.15, 0.2) is 0 Å². The van der Waals surface area contributed by atoms with Crippen molar-refractivity contribution in [2.75, 3.05) is 0 Å². The molecule has 0 aromatic heterocycles. The predicted octanol–water partition coefficient (Wildman–Crippen LogP) is 8.96. The number of benzene rings is 6. The molecule has 0 heteroatoms. The van der Waals surface area contributed by atoms with Gasteiger partial charge in [-0.1, -0.05) is 123 Å². The second-order valence-corrected chi connectivity index (χ2v) is 7.05. The van der Waals surface area contributed by atoms with Gasteiger partial charge in [-0.3, -0.25) is 0 Å². The van der Waals surface area contributed by atoms with Crippen LogP contribution in [0.2, 0.25) is 0 Å². The summed E-state index contributed by atoms with van der Waals surface area (Å²) in [5, 5.41) is 7.95. The maximum Gasteiger partial charge on any atom is -0.0105 e. The lowest BCUT2D eigenvalue weighted by molar-refractivity contribution is 1.50. The number of fused-ring (bicyclic) bond motifs is 7. The fraction of sp³-hybridized carbons (Fsp3) is 0.0667. The highest BCUT2D eigenvalue weighted by atomic mass is 14.1. The van der Waals surface area contributed by atoms with Crippen molar-refractivity contribution in [2.24, 2.45) is 0 Å². The Morgan fingerprint density at radius 3 is 1.40 bits per heavy atom.